The van der Waals surface area contributed by atoms with Crippen molar-refractivity contribution in [2.75, 3.05) is 0 Å². The van der Waals surface area contributed by atoms with Gasteiger partial charge in [0.2, 0.25) is 5.95 Å². The summed E-state index contributed by atoms with van der Waals surface area (Å²) in [6.45, 7) is 0. The van der Waals surface area contributed by atoms with Crippen molar-refractivity contribution < 1.29 is 0 Å². The van der Waals surface area contributed by atoms with E-state index in [1.807, 2.05) is 46.9 Å². The zero-order valence-corrected chi connectivity index (χ0v) is 28.7. The third-order valence-electron chi connectivity index (χ3n) is 9.85. The summed E-state index contributed by atoms with van der Waals surface area (Å²) in [6, 6.07) is 55.6. The van der Waals surface area contributed by atoms with E-state index in [-0.39, 0.29) is 0 Å². The number of fused-ring (bicyclic) bond motifs is 11. The van der Waals surface area contributed by atoms with Crippen LogP contribution in [0.4, 0.5) is 0 Å². The lowest BCUT2D eigenvalue weighted by molar-refractivity contribution is 0.957. The average molecular weight is 687 g/mol. The first-order valence-corrected chi connectivity index (χ1v) is 18.6. The van der Waals surface area contributed by atoms with Gasteiger partial charge in [-0.05, 0) is 39.4 Å². The normalized spacial score (nSPS) is 11.9. The number of thiophene rings is 2. The molecule has 11 rings (SSSR count). The van der Waals surface area contributed by atoms with Crippen LogP contribution in [-0.2, 0) is 0 Å². The molecular weight excluding hydrogens is 661 g/mol. The summed E-state index contributed by atoms with van der Waals surface area (Å²) in [5.41, 5.74) is 6.43. The quantitative estimate of drug-likeness (QED) is 0.185. The lowest BCUT2D eigenvalue weighted by Crippen LogP contribution is -2.06. The molecular formula is C45H26N4S2. The van der Waals surface area contributed by atoms with Gasteiger partial charge in [-0.1, -0.05) is 146 Å². The van der Waals surface area contributed by atoms with Gasteiger partial charge in [-0.3, -0.25) is 4.57 Å². The first kappa shape index (κ1) is 28.6. The summed E-state index contributed by atoms with van der Waals surface area (Å²) in [7, 11) is 0. The minimum Gasteiger partial charge on any atom is -0.275 e. The zero-order valence-electron chi connectivity index (χ0n) is 27.1. The molecule has 11 aromatic rings. The van der Waals surface area contributed by atoms with Crippen molar-refractivity contribution in [3.8, 4) is 39.9 Å². The van der Waals surface area contributed by atoms with Gasteiger partial charge in [0.1, 0.15) is 0 Å². The molecule has 0 N–H and O–H groups in total. The molecule has 0 atom stereocenters. The van der Waals surface area contributed by atoms with E-state index >= 15 is 0 Å². The topological polar surface area (TPSA) is 43.6 Å². The Labute approximate surface area is 300 Å². The van der Waals surface area contributed by atoms with Gasteiger partial charge >= 0.3 is 0 Å². The van der Waals surface area contributed by atoms with Gasteiger partial charge in [0.05, 0.1) is 25.1 Å². The number of nitrogens with zero attached hydrogens (tertiary/aromatic N) is 4. The van der Waals surface area contributed by atoms with E-state index < -0.39 is 0 Å². The van der Waals surface area contributed by atoms with Crippen LogP contribution in [0.2, 0.25) is 0 Å². The van der Waals surface area contributed by atoms with E-state index in [2.05, 4.69) is 138 Å². The second kappa shape index (κ2) is 11.2. The first-order chi connectivity index (χ1) is 25.3. The minimum atomic E-state index is 0.613. The smallest absolute Gasteiger partial charge is 0.238 e. The van der Waals surface area contributed by atoms with E-state index in [1.54, 1.807) is 0 Å². The van der Waals surface area contributed by atoms with Gasteiger partial charge in [-0.25, -0.2) is 4.98 Å². The molecule has 0 amide bonds. The predicted octanol–water partition coefficient (Wildman–Crippen LogP) is 12.7. The number of hydrogen-bond donors (Lipinski definition) is 0. The summed E-state index contributed by atoms with van der Waals surface area (Å²) < 4.78 is 7.44. The zero-order chi connectivity index (χ0) is 33.5. The largest absolute Gasteiger partial charge is 0.275 e. The van der Waals surface area contributed by atoms with Crippen LogP contribution in [0.3, 0.4) is 0 Å². The highest BCUT2D eigenvalue weighted by molar-refractivity contribution is 7.37. The molecule has 0 saturated carbocycles. The fraction of sp³-hybridized carbons (Fsp3) is 0. The van der Waals surface area contributed by atoms with Gasteiger partial charge in [-0.2, -0.15) is 9.97 Å². The number of hydrogen-bond acceptors (Lipinski definition) is 5. The summed E-state index contributed by atoms with van der Waals surface area (Å²) in [4.78, 5) is 15.8. The van der Waals surface area contributed by atoms with Gasteiger partial charge in [0, 0.05) is 32.0 Å². The standard InChI is InChI=1S/C45H26N4S2/c1-3-12-27(13-4-1)31-18-11-19-32(26-31)44-46-43(30-16-5-2-6-17-30)47-45(48-44)49-38-34-21-10-8-15-29(34)22-24-35(38)40-39(49)42-41(51-40)37-33-20-9-7-14-28(33)23-25-36(37)50-42/h1-26H. The van der Waals surface area contributed by atoms with Crippen LogP contribution in [0.15, 0.2) is 158 Å². The van der Waals surface area contributed by atoms with Gasteiger partial charge in [0.15, 0.2) is 11.6 Å². The molecule has 0 saturated heterocycles. The SMILES string of the molecule is c1ccc(-c2cccc(-c3nc(-c4ccccc4)nc(-n4c5c6ccccc6ccc5c5sc6c(sc7ccc8ccccc8c76)c54)n3)c2)cc1. The van der Waals surface area contributed by atoms with Crippen molar-refractivity contribution in [2.45, 2.75) is 0 Å². The molecule has 51 heavy (non-hydrogen) atoms. The summed E-state index contributed by atoms with van der Waals surface area (Å²) in [5, 5.41) is 7.44. The number of rotatable bonds is 4. The summed E-state index contributed by atoms with van der Waals surface area (Å²) in [5.74, 6) is 1.90. The van der Waals surface area contributed by atoms with Crippen molar-refractivity contribution in [3.63, 3.8) is 0 Å². The van der Waals surface area contributed by atoms with Crippen LogP contribution < -0.4 is 0 Å². The van der Waals surface area contributed by atoms with Crippen LogP contribution in [-0.4, -0.2) is 19.5 Å². The van der Waals surface area contributed by atoms with Crippen molar-refractivity contribution in [2.24, 2.45) is 0 Å². The molecule has 4 aromatic heterocycles. The highest BCUT2D eigenvalue weighted by atomic mass is 32.1. The van der Waals surface area contributed by atoms with Crippen LogP contribution in [0.25, 0.3) is 102 Å². The average Bonchev–Trinajstić information content (AvgIpc) is 3.86. The molecule has 7 aromatic carbocycles. The van der Waals surface area contributed by atoms with Crippen molar-refractivity contribution in [1.82, 2.24) is 19.5 Å². The van der Waals surface area contributed by atoms with E-state index in [9.17, 15) is 0 Å². The highest BCUT2D eigenvalue weighted by Gasteiger charge is 2.25. The van der Waals surface area contributed by atoms with Crippen LogP contribution in [0.1, 0.15) is 0 Å². The Bertz CT molecular complexity index is 3140. The fourth-order valence-corrected chi connectivity index (χ4v) is 10.3. The molecule has 238 valence electrons. The van der Waals surface area contributed by atoms with Crippen LogP contribution in [0, 0.1) is 0 Å². The number of benzene rings is 7. The van der Waals surface area contributed by atoms with Crippen molar-refractivity contribution >= 4 is 84.8 Å². The molecule has 4 heterocycles. The van der Waals surface area contributed by atoms with Gasteiger partial charge in [0.25, 0.3) is 0 Å². The molecule has 4 nitrogen and oxygen atoms in total. The van der Waals surface area contributed by atoms with Crippen molar-refractivity contribution in [1.29, 1.82) is 0 Å². The Balaban J connectivity index is 1.27. The van der Waals surface area contributed by atoms with Crippen LogP contribution in [0.5, 0.6) is 0 Å². The van der Waals surface area contributed by atoms with E-state index in [1.165, 1.54) is 51.1 Å². The number of aromatic nitrogens is 4. The molecule has 0 bridgehead atoms. The molecule has 0 aliphatic heterocycles. The van der Waals surface area contributed by atoms with Gasteiger partial charge < -0.3 is 0 Å². The molecule has 0 radical (unpaired) electrons. The Kier molecular flexibility index (Phi) is 6.26. The third kappa shape index (κ3) is 4.40. The maximum absolute atomic E-state index is 5.35. The molecule has 0 aliphatic carbocycles. The Hall–Kier alpha value is -6.21. The minimum absolute atomic E-state index is 0.613. The van der Waals surface area contributed by atoms with Crippen LogP contribution >= 0.6 is 22.7 Å². The van der Waals surface area contributed by atoms with Gasteiger partial charge in [-0.15, -0.1) is 22.7 Å². The monoisotopic (exact) mass is 686 g/mol. The second-order valence-corrected chi connectivity index (χ2v) is 14.9. The fourth-order valence-electron chi connectivity index (χ4n) is 7.50. The molecule has 6 heteroatoms. The molecule has 0 spiro atoms. The molecule has 0 aliphatic rings. The second-order valence-electron chi connectivity index (χ2n) is 12.8. The van der Waals surface area contributed by atoms with E-state index in [0.717, 1.165) is 33.3 Å². The first-order valence-electron chi connectivity index (χ1n) is 16.9. The van der Waals surface area contributed by atoms with E-state index in [4.69, 9.17) is 15.0 Å². The summed E-state index contributed by atoms with van der Waals surface area (Å²) >= 11 is 3.75. The Morgan fingerprint density at radius 2 is 1.02 bits per heavy atom. The summed E-state index contributed by atoms with van der Waals surface area (Å²) in [6.07, 6.45) is 0. The Morgan fingerprint density at radius 1 is 0.392 bits per heavy atom. The lowest BCUT2D eigenvalue weighted by Gasteiger charge is -2.12. The predicted molar refractivity (Wildman–Crippen MR) is 216 cm³/mol. The highest BCUT2D eigenvalue weighted by Crippen LogP contribution is 2.50. The third-order valence-corrected chi connectivity index (χ3v) is 12.4. The maximum atomic E-state index is 5.35. The lowest BCUT2D eigenvalue weighted by atomic mass is 10.0. The molecule has 0 unspecified atom stereocenters. The van der Waals surface area contributed by atoms with E-state index in [0.29, 0.717) is 17.6 Å². The van der Waals surface area contributed by atoms with Crippen molar-refractivity contribution in [3.05, 3.63) is 158 Å². The maximum Gasteiger partial charge on any atom is 0.238 e. The Morgan fingerprint density at radius 3 is 1.82 bits per heavy atom. The molecule has 0 fully saturated rings.